The van der Waals surface area contributed by atoms with Gasteiger partial charge in [-0.3, -0.25) is 14.3 Å². The minimum absolute atomic E-state index is 0.0400. The first kappa shape index (κ1) is 26.4. The molecule has 0 atom stereocenters. The molecule has 1 aliphatic heterocycles. The molecular weight excluding hydrogens is 539 g/mol. The lowest BCUT2D eigenvalue weighted by molar-refractivity contribution is -0.142. The van der Waals surface area contributed by atoms with Crippen LogP contribution in [-0.4, -0.2) is 67.4 Å². The summed E-state index contributed by atoms with van der Waals surface area (Å²) in [6.45, 7) is 3.72. The minimum Gasteiger partial charge on any atom is -0.378 e. The monoisotopic (exact) mass is 563 g/mol. The molecular formula is C28H24F3N7O3. The SMILES string of the molecule is CCn1ncc(NC(=O)c2cnn3c(C(F)(F)F)cc(-c4cccc5ccccc45)nc23)c1C(=O)N1CCOCC1. The largest absolute Gasteiger partial charge is 0.433 e. The molecule has 0 bridgehead atoms. The quantitative estimate of drug-likeness (QED) is 0.337. The number of hydrogen-bond acceptors (Lipinski definition) is 6. The second-order valence-electron chi connectivity index (χ2n) is 9.43. The molecule has 4 heterocycles. The van der Waals surface area contributed by atoms with E-state index < -0.39 is 17.8 Å². The fraction of sp³-hybridized carbons (Fsp3) is 0.250. The lowest BCUT2D eigenvalue weighted by atomic mass is 10.0. The fourth-order valence-corrected chi connectivity index (χ4v) is 4.96. The van der Waals surface area contributed by atoms with Crippen LogP contribution in [-0.2, 0) is 17.5 Å². The predicted octanol–water partition coefficient (Wildman–Crippen LogP) is 4.51. The summed E-state index contributed by atoms with van der Waals surface area (Å²) in [7, 11) is 0. The summed E-state index contributed by atoms with van der Waals surface area (Å²) in [6.07, 6.45) is -2.40. The number of morpholine rings is 1. The van der Waals surface area contributed by atoms with Crippen molar-refractivity contribution in [3.63, 3.8) is 0 Å². The molecule has 0 saturated carbocycles. The van der Waals surface area contributed by atoms with Crippen LogP contribution in [0.3, 0.4) is 0 Å². The summed E-state index contributed by atoms with van der Waals surface area (Å²) >= 11 is 0. The third kappa shape index (κ3) is 4.78. The number of carbonyl (C=O) groups is 2. The Kier molecular flexibility index (Phi) is 6.66. The van der Waals surface area contributed by atoms with Crippen molar-refractivity contribution in [3.05, 3.63) is 77.9 Å². The van der Waals surface area contributed by atoms with Gasteiger partial charge in [-0.2, -0.15) is 23.4 Å². The van der Waals surface area contributed by atoms with Crippen molar-refractivity contribution in [2.75, 3.05) is 31.6 Å². The Balaban J connectivity index is 1.43. The minimum atomic E-state index is -4.78. The summed E-state index contributed by atoms with van der Waals surface area (Å²) in [5.41, 5.74) is -0.722. The molecule has 1 aliphatic rings. The van der Waals surface area contributed by atoms with E-state index in [4.69, 9.17) is 4.74 Å². The highest BCUT2D eigenvalue weighted by molar-refractivity contribution is 6.11. The first-order chi connectivity index (χ1) is 19.8. The van der Waals surface area contributed by atoms with Gasteiger partial charge in [0.05, 0.1) is 37.0 Å². The van der Waals surface area contributed by atoms with Gasteiger partial charge in [0.2, 0.25) is 0 Å². The van der Waals surface area contributed by atoms with E-state index >= 15 is 0 Å². The van der Waals surface area contributed by atoms with Crippen molar-refractivity contribution in [2.45, 2.75) is 19.6 Å². The van der Waals surface area contributed by atoms with Crippen molar-refractivity contribution in [1.82, 2.24) is 29.3 Å². The van der Waals surface area contributed by atoms with Crippen LogP contribution < -0.4 is 5.32 Å². The zero-order valence-corrected chi connectivity index (χ0v) is 21.9. The number of nitrogens with zero attached hydrogens (tertiary/aromatic N) is 6. The molecule has 0 unspecified atom stereocenters. The van der Waals surface area contributed by atoms with Gasteiger partial charge in [-0.15, -0.1) is 0 Å². The molecule has 5 aromatic rings. The molecule has 0 aliphatic carbocycles. The molecule has 2 aromatic carbocycles. The molecule has 1 fully saturated rings. The maximum absolute atomic E-state index is 14.2. The lowest BCUT2D eigenvalue weighted by Crippen LogP contribution is -2.41. The summed E-state index contributed by atoms with van der Waals surface area (Å²) in [5, 5.41) is 12.3. The number of alkyl halides is 3. The Morgan fingerprint density at radius 2 is 1.78 bits per heavy atom. The zero-order valence-electron chi connectivity index (χ0n) is 21.9. The lowest BCUT2D eigenvalue weighted by Gasteiger charge is -2.27. The number of nitrogens with one attached hydrogen (secondary N) is 1. The van der Waals surface area contributed by atoms with Crippen LogP contribution in [0.25, 0.3) is 27.7 Å². The highest BCUT2D eigenvalue weighted by Gasteiger charge is 2.36. The molecule has 41 heavy (non-hydrogen) atoms. The Morgan fingerprint density at radius 1 is 1.02 bits per heavy atom. The van der Waals surface area contributed by atoms with Gasteiger partial charge in [0, 0.05) is 25.2 Å². The van der Waals surface area contributed by atoms with Crippen LogP contribution in [0.1, 0.15) is 33.5 Å². The summed E-state index contributed by atoms with van der Waals surface area (Å²) in [6, 6.07) is 13.5. The zero-order chi connectivity index (χ0) is 28.7. The second kappa shape index (κ2) is 10.3. The van der Waals surface area contributed by atoms with Crippen LogP contribution in [0.5, 0.6) is 0 Å². The van der Waals surface area contributed by atoms with Gasteiger partial charge in [0.1, 0.15) is 11.3 Å². The summed E-state index contributed by atoms with van der Waals surface area (Å²) < 4.78 is 50.0. The topological polar surface area (TPSA) is 107 Å². The van der Waals surface area contributed by atoms with Gasteiger partial charge < -0.3 is 15.0 Å². The Morgan fingerprint density at radius 3 is 2.54 bits per heavy atom. The standard InChI is InChI=1S/C28H24F3N7O3/c1-2-37-24(27(40)36-10-12-41-13-11-36)22(16-32-37)35-26(39)20-15-33-38-23(28(29,30)31)14-21(34-25(20)38)19-9-5-7-17-6-3-4-8-18(17)19/h3-9,14-16H,2,10-13H2,1H3,(H,35,39). The number of benzene rings is 2. The van der Waals surface area contributed by atoms with E-state index in [1.807, 2.05) is 18.2 Å². The van der Waals surface area contributed by atoms with Crippen molar-refractivity contribution < 1.29 is 27.5 Å². The van der Waals surface area contributed by atoms with Crippen molar-refractivity contribution in [1.29, 1.82) is 0 Å². The normalized spacial score (nSPS) is 14.1. The van der Waals surface area contributed by atoms with Crippen LogP contribution in [0.15, 0.2) is 60.9 Å². The third-order valence-corrected chi connectivity index (χ3v) is 6.96. The number of rotatable bonds is 5. The number of halogens is 3. The van der Waals surface area contributed by atoms with E-state index in [-0.39, 0.29) is 34.2 Å². The van der Waals surface area contributed by atoms with E-state index in [0.29, 0.717) is 48.3 Å². The predicted molar refractivity (Wildman–Crippen MR) is 144 cm³/mol. The molecule has 210 valence electrons. The maximum atomic E-state index is 14.2. The molecule has 0 spiro atoms. The van der Waals surface area contributed by atoms with E-state index in [0.717, 1.165) is 17.6 Å². The molecule has 1 saturated heterocycles. The Bertz CT molecular complexity index is 1780. The highest BCUT2D eigenvalue weighted by Crippen LogP contribution is 2.35. The average Bonchev–Trinajstić information content (AvgIpc) is 3.60. The van der Waals surface area contributed by atoms with E-state index in [2.05, 4.69) is 20.5 Å². The van der Waals surface area contributed by atoms with Gasteiger partial charge in [-0.25, -0.2) is 9.50 Å². The van der Waals surface area contributed by atoms with E-state index in [1.165, 1.54) is 10.9 Å². The molecule has 1 N–H and O–H groups in total. The number of fused-ring (bicyclic) bond motifs is 2. The molecule has 0 radical (unpaired) electrons. The molecule has 6 rings (SSSR count). The molecule has 3 aromatic heterocycles. The van der Waals surface area contributed by atoms with Gasteiger partial charge in [0.25, 0.3) is 11.8 Å². The van der Waals surface area contributed by atoms with Crippen molar-refractivity contribution >= 4 is 33.9 Å². The Labute approximate surface area is 231 Å². The number of aromatic nitrogens is 5. The van der Waals surface area contributed by atoms with Gasteiger partial charge >= 0.3 is 6.18 Å². The second-order valence-corrected chi connectivity index (χ2v) is 9.43. The average molecular weight is 564 g/mol. The number of aryl methyl sites for hydroxylation is 1. The smallest absolute Gasteiger partial charge is 0.378 e. The van der Waals surface area contributed by atoms with E-state index in [9.17, 15) is 22.8 Å². The third-order valence-electron chi connectivity index (χ3n) is 6.96. The highest BCUT2D eigenvalue weighted by atomic mass is 19.4. The molecule has 10 nitrogen and oxygen atoms in total. The van der Waals surface area contributed by atoms with Gasteiger partial charge in [0.15, 0.2) is 11.3 Å². The van der Waals surface area contributed by atoms with Gasteiger partial charge in [-0.1, -0.05) is 42.5 Å². The Hall–Kier alpha value is -4.78. The van der Waals surface area contributed by atoms with Gasteiger partial charge in [-0.05, 0) is 23.8 Å². The van der Waals surface area contributed by atoms with Crippen LogP contribution >= 0.6 is 0 Å². The van der Waals surface area contributed by atoms with Crippen molar-refractivity contribution in [2.24, 2.45) is 0 Å². The van der Waals surface area contributed by atoms with E-state index in [1.54, 1.807) is 36.1 Å². The summed E-state index contributed by atoms with van der Waals surface area (Å²) in [5.74, 6) is -1.11. The van der Waals surface area contributed by atoms with Crippen molar-refractivity contribution in [3.8, 4) is 11.3 Å². The van der Waals surface area contributed by atoms with Crippen LogP contribution in [0.4, 0.5) is 18.9 Å². The van der Waals surface area contributed by atoms with Crippen LogP contribution in [0.2, 0.25) is 0 Å². The maximum Gasteiger partial charge on any atom is 0.433 e. The summed E-state index contributed by atoms with van der Waals surface area (Å²) in [4.78, 5) is 32.9. The first-order valence-corrected chi connectivity index (χ1v) is 12.9. The fourth-order valence-electron chi connectivity index (χ4n) is 4.96. The molecule has 13 heteroatoms. The number of anilines is 1. The first-order valence-electron chi connectivity index (χ1n) is 12.9. The molecule has 2 amide bonds. The number of hydrogen-bond donors (Lipinski definition) is 1. The number of carbonyl (C=O) groups excluding carboxylic acids is 2. The number of amides is 2. The number of ether oxygens (including phenoxy) is 1. The van der Waals surface area contributed by atoms with Crippen LogP contribution in [0, 0.1) is 0 Å².